The van der Waals surface area contributed by atoms with Gasteiger partial charge in [0.2, 0.25) is 5.91 Å². The molecule has 0 saturated heterocycles. The third-order valence-electron chi connectivity index (χ3n) is 3.13. The summed E-state index contributed by atoms with van der Waals surface area (Å²) < 4.78 is 5.19. The molecule has 1 atom stereocenters. The highest BCUT2D eigenvalue weighted by atomic mass is 32.2. The van der Waals surface area contributed by atoms with Crippen LogP contribution in [0, 0.1) is 6.92 Å². The van der Waals surface area contributed by atoms with E-state index in [4.69, 9.17) is 4.74 Å². The first-order chi connectivity index (χ1) is 10.1. The van der Waals surface area contributed by atoms with Gasteiger partial charge in [-0.25, -0.2) is 0 Å². The Bertz CT molecular complexity index is 628. The van der Waals surface area contributed by atoms with E-state index in [1.165, 1.54) is 11.8 Å². The molecule has 2 aromatic carbocycles. The van der Waals surface area contributed by atoms with Gasteiger partial charge < -0.3 is 10.1 Å². The zero-order chi connectivity index (χ0) is 15.2. The molecule has 0 spiro atoms. The van der Waals surface area contributed by atoms with Gasteiger partial charge in [0.25, 0.3) is 0 Å². The van der Waals surface area contributed by atoms with Crippen LogP contribution in [0.4, 0.5) is 5.69 Å². The van der Waals surface area contributed by atoms with Crippen LogP contribution in [-0.4, -0.2) is 18.3 Å². The maximum Gasteiger partial charge on any atom is 0.237 e. The molecule has 2 aromatic rings. The van der Waals surface area contributed by atoms with Gasteiger partial charge in [-0.2, -0.15) is 0 Å². The van der Waals surface area contributed by atoms with Crippen LogP contribution in [0.2, 0.25) is 0 Å². The zero-order valence-electron chi connectivity index (χ0n) is 12.4. The Labute approximate surface area is 129 Å². The molecule has 0 saturated carbocycles. The second kappa shape index (κ2) is 7.18. The lowest BCUT2D eigenvalue weighted by atomic mass is 10.2. The van der Waals surface area contributed by atoms with Crippen LogP contribution in [0.1, 0.15) is 12.5 Å². The van der Waals surface area contributed by atoms with Crippen molar-refractivity contribution in [3.63, 3.8) is 0 Å². The van der Waals surface area contributed by atoms with E-state index in [2.05, 4.69) is 5.32 Å². The lowest BCUT2D eigenvalue weighted by molar-refractivity contribution is -0.115. The molecule has 0 aromatic heterocycles. The van der Waals surface area contributed by atoms with Crippen molar-refractivity contribution in [2.75, 3.05) is 12.4 Å². The van der Waals surface area contributed by atoms with Crippen molar-refractivity contribution in [2.24, 2.45) is 0 Å². The third kappa shape index (κ3) is 4.26. The molecule has 2 rings (SSSR count). The Morgan fingerprint density at radius 3 is 2.67 bits per heavy atom. The Morgan fingerprint density at radius 1 is 1.19 bits per heavy atom. The van der Waals surface area contributed by atoms with E-state index in [-0.39, 0.29) is 11.2 Å². The Balaban J connectivity index is 2.01. The fraction of sp³-hybridized carbons (Fsp3) is 0.235. The van der Waals surface area contributed by atoms with Crippen LogP contribution in [-0.2, 0) is 4.79 Å². The standard InChI is InChI=1S/C17H19NO2S/c1-12-7-4-5-10-16(12)18-17(19)13(2)21-15-9-6-8-14(11-15)20-3/h4-11,13H,1-3H3,(H,18,19). The summed E-state index contributed by atoms with van der Waals surface area (Å²) in [4.78, 5) is 13.3. The minimum atomic E-state index is -0.184. The molecule has 0 fully saturated rings. The summed E-state index contributed by atoms with van der Waals surface area (Å²) in [5.41, 5.74) is 1.92. The topological polar surface area (TPSA) is 38.3 Å². The van der Waals surface area contributed by atoms with Gasteiger partial charge in [-0.15, -0.1) is 11.8 Å². The van der Waals surface area contributed by atoms with Crippen LogP contribution >= 0.6 is 11.8 Å². The highest BCUT2D eigenvalue weighted by Crippen LogP contribution is 2.27. The molecule has 21 heavy (non-hydrogen) atoms. The number of amides is 1. The first-order valence-electron chi connectivity index (χ1n) is 6.77. The van der Waals surface area contributed by atoms with E-state index in [0.29, 0.717) is 0 Å². The number of anilines is 1. The Morgan fingerprint density at radius 2 is 1.95 bits per heavy atom. The third-order valence-corrected chi connectivity index (χ3v) is 4.22. The molecule has 0 bridgehead atoms. The van der Waals surface area contributed by atoms with Crippen LogP contribution in [0.15, 0.2) is 53.4 Å². The van der Waals surface area contributed by atoms with Gasteiger partial charge in [-0.3, -0.25) is 4.79 Å². The average molecular weight is 301 g/mol. The highest BCUT2D eigenvalue weighted by Gasteiger charge is 2.15. The summed E-state index contributed by atoms with van der Waals surface area (Å²) in [5.74, 6) is 0.795. The average Bonchev–Trinajstić information content (AvgIpc) is 2.49. The van der Waals surface area contributed by atoms with Crippen molar-refractivity contribution in [1.29, 1.82) is 0 Å². The fourth-order valence-corrected chi connectivity index (χ4v) is 2.80. The summed E-state index contributed by atoms with van der Waals surface area (Å²) in [7, 11) is 1.64. The van der Waals surface area contributed by atoms with Crippen LogP contribution in [0.3, 0.4) is 0 Å². The van der Waals surface area contributed by atoms with Crippen molar-refractivity contribution in [3.8, 4) is 5.75 Å². The maximum atomic E-state index is 12.3. The second-order valence-electron chi connectivity index (χ2n) is 4.74. The summed E-state index contributed by atoms with van der Waals surface area (Å²) in [6, 6.07) is 15.5. The zero-order valence-corrected chi connectivity index (χ0v) is 13.2. The van der Waals surface area contributed by atoms with E-state index in [0.717, 1.165) is 21.9 Å². The number of rotatable bonds is 5. The summed E-state index contributed by atoms with van der Waals surface area (Å²) in [6.45, 7) is 3.88. The number of para-hydroxylation sites is 1. The lowest BCUT2D eigenvalue weighted by Gasteiger charge is -2.13. The monoisotopic (exact) mass is 301 g/mol. The predicted molar refractivity (Wildman–Crippen MR) is 88.1 cm³/mol. The van der Waals surface area contributed by atoms with Crippen LogP contribution in [0.25, 0.3) is 0 Å². The van der Waals surface area contributed by atoms with E-state index < -0.39 is 0 Å². The number of nitrogens with one attached hydrogen (secondary N) is 1. The molecule has 3 nitrogen and oxygen atoms in total. The smallest absolute Gasteiger partial charge is 0.237 e. The summed E-state index contributed by atoms with van der Waals surface area (Å²) in [5, 5.41) is 2.78. The van der Waals surface area contributed by atoms with E-state index in [1.54, 1.807) is 7.11 Å². The van der Waals surface area contributed by atoms with Crippen molar-refractivity contribution < 1.29 is 9.53 Å². The van der Waals surface area contributed by atoms with E-state index in [9.17, 15) is 4.79 Å². The number of methoxy groups -OCH3 is 1. The van der Waals surface area contributed by atoms with Gasteiger partial charge in [0.05, 0.1) is 12.4 Å². The Hall–Kier alpha value is -1.94. The maximum absolute atomic E-state index is 12.3. The van der Waals surface area contributed by atoms with Crippen molar-refractivity contribution >= 4 is 23.4 Å². The van der Waals surface area contributed by atoms with Crippen LogP contribution < -0.4 is 10.1 Å². The second-order valence-corrected chi connectivity index (χ2v) is 6.16. The number of aryl methyl sites for hydroxylation is 1. The summed E-state index contributed by atoms with van der Waals surface area (Å²) >= 11 is 1.51. The van der Waals surface area contributed by atoms with Gasteiger partial charge in [-0.05, 0) is 43.7 Å². The van der Waals surface area contributed by atoms with Crippen molar-refractivity contribution in [3.05, 3.63) is 54.1 Å². The van der Waals surface area contributed by atoms with Gasteiger partial charge in [0.15, 0.2) is 0 Å². The van der Waals surface area contributed by atoms with Gasteiger partial charge >= 0.3 is 0 Å². The van der Waals surface area contributed by atoms with Crippen LogP contribution in [0.5, 0.6) is 5.75 Å². The minimum Gasteiger partial charge on any atom is -0.497 e. The number of carbonyl (C=O) groups is 1. The van der Waals surface area contributed by atoms with Gasteiger partial charge in [0.1, 0.15) is 5.75 Å². The molecule has 0 heterocycles. The predicted octanol–water partition coefficient (Wildman–Crippen LogP) is 4.12. The van der Waals surface area contributed by atoms with Crippen molar-refractivity contribution in [2.45, 2.75) is 24.0 Å². The molecular weight excluding hydrogens is 282 g/mol. The summed E-state index contributed by atoms with van der Waals surface area (Å²) in [6.07, 6.45) is 0. The fourth-order valence-electron chi connectivity index (χ4n) is 1.88. The van der Waals surface area contributed by atoms with Gasteiger partial charge in [0, 0.05) is 10.6 Å². The molecule has 0 radical (unpaired) electrons. The quantitative estimate of drug-likeness (QED) is 0.844. The molecule has 4 heteroatoms. The first kappa shape index (κ1) is 15.4. The van der Waals surface area contributed by atoms with E-state index >= 15 is 0 Å². The van der Waals surface area contributed by atoms with Gasteiger partial charge in [-0.1, -0.05) is 24.3 Å². The first-order valence-corrected chi connectivity index (χ1v) is 7.65. The minimum absolute atomic E-state index is 0.00267. The SMILES string of the molecule is COc1cccc(SC(C)C(=O)Nc2ccccc2C)c1. The number of hydrogen-bond acceptors (Lipinski definition) is 3. The molecule has 0 aliphatic rings. The molecule has 110 valence electrons. The number of carbonyl (C=O) groups excluding carboxylic acids is 1. The lowest BCUT2D eigenvalue weighted by Crippen LogP contribution is -2.22. The number of ether oxygens (including phenoxy) is 1. The molecule has 1 unspecified atom stereocenters. The molecule has 1 N–H and O–H groups in total. The molecule has 0 aliphatic heterocycles. The van der Waals surface area contributed by atoms with Crippen molar-refractivity contribution in [1.82, 2.24) is 0 Å². The largest absolute Gasteiger partial charge is 0.497 e. The number of benzene rings is 2. The number of thioether (sulfide) groups is 1. The highest BCUT2D eigenvalue weighted by molar-refractivity contribution is 8.00. The molecule has 1 amide bonds. The molecule has 0 aliphatic carbocycles. The Kier molecular flexibility index (Phi) is 5.28. The molecular formula is C17H19NO2S. The number of hydrogen-bond donors (Lipinski definition) is 1. The normalized spacial score (nSPS) is 11.8. The van der Waals surface area contributed by atoms with E-state index in [1.807, 2.05) is 62.4 Å².